The van der Waals surface area contributed by atoms with Crippen LogP contribution in [0.1, 0.15) is 21.7 Å². The van der Waals surface area contributed by atoms with Crippen LogP contribution in [0.3, 0.4) is 0 Å². The van der Waals surface area contributed by atoms with Crippen molar-refractivity contribution < 1.29 is 9.18 Å². The lowest BCUT2D eigenvalue weighted by Gasteiger charge is -2.27. The maximum atomic E-state index is 13.1. The minimum Gasteiger partial charge on any atom is -0.351 e. The summed E-state index contributed by atoms with van der Waals surface area (Å²) >= 11 is 1.46. The summed E-state index contributed by atoms with van der Waals surface area (Å²) in [6, 6.07) is 8.32. The number of nitrogens with zero attached hydrogens (tertiary/aromatic N) is 1. The van der Waals surface area contributed by atoms with Gasteiger partial charge in [0.05, 0.1) is 4.88 Å². The number of piperazine rings is 1. The lowest BCUT2D eigenvalue weighted by Crippen LogP contribution is -2.44. The zero-order valence-corrected chi connectivity index (χ0v) is 15.3. The number of hydrogen-bond acceptors (Lipinski definition) is 4. The van der Waals surface area contributed by atoms with Crippen molar-refractivity contribution >= 4 is 17.2 Å². The molecule has 1 fully saturated rings. The number of amides is 1. The molecule has 6 heteroatoms. The molecule has 0 saturated carbocycles. The van der Waals surface area contributed by atoms with Gasteiger partial charge in [-0.3, -0.25) is 4.79 Å². The van der Waals surface area contributed by atoms with Crippen molar-refractivity contribution in [3.8, 4) is 10.4 Å². The van der Waals surface area contributed by atoms with Crippen LogP contribution in [0.25, 0.3) is 10.4 Å². The first-order valence-corrected chi connectivity index (χ1v) is 9.53. The van der Waals surface area contributed by atoms with Crippen LogP contribution < -0.4 is 10.6 Å². The van der Waals surface area contributed by atoms with Crippen LogP contribution in [0.4, 0.5) is 4.39 Å². The van der Waals surface area contributed by atoms with E-state index >= 15 is 0 Å². The fourth-order valence-electron chi connectivity index (χ4n) is 3.01. The van der Waals surface area contributed by atoms with Crippen molar-refractivity contribution in [3.63, 3.8) is 0 Å². The molecule has 134 valence electrons. The summed E-state index contributed by atoms with van der Waals surface area (Å²) in [6.45, 7) is 7.95. The first-order valence-electron chi connectivity index (χ1n) is 8.71. The van der Waals surface area contributed by atoms with Crippen LogP contribution in [-0.2, 0) is 0 Å². The van der Waals surface area contributed by atoms with Crippen LogP contribution in [-0.4, -0.2) is 50.1 Å². The second-order valence-electron chi connectivity index (χ2n) is 6.33. The Bertz CT molecular complexity index is 708. The van der Waals surface area contributed by atoms with Gasteiger partial charge in [-0.2, -0.15) is 0 Å². The highest BCUT2D eigenvalue weighted by atomic mass is 32.1. The summed E-state index contributed by atoms with van der Waals surface area (Å²) in [5.41, 5.74) is 1.99. The van der Waals surface area contributed by atoms with Gasteiger partial charge in [-0.15, -0.1) is 11.3 Å². The maximum Gasteiger partial charge on any atom is 0.261 e. The number of benzene rings is 1. The number of aryl methyl sites for hydroxylation is 1. The third-order valence-corrected chi connectivity index (χ3v) is 5.68. The Hall–Kier alpha value is -1.76. The summed E-state index contributed by atoms with van der Waals surface area (Å²) in [5.74, 6) is -0.276. The van der Waals surface area contributed by atoms with Gasteiger partial charge in [0.2, 0.25) is 0 Å². The first-order chi connectivity index (χ1) is 12.1. The molecule has 0 bridgehead atoms. The Morgan fingerprint density at radius 2 is 2.00 bits per heavy atom. The fourth-order valence-corrected chi connectivity index (χ4v) is 4.10. The Kier molecular flexibility index (Phi) is 6.18. The minimum atomic E-state index is -0.250. The van der Waals surface area contributed by atoms with Crippen molar-refractivity contribution in [3.05, 3.63) is 46.6 Å². The van der Waals surface area contributed by atoms with Gasteiger partial charge in [0.1, 0.15) is 5.82 Å². The van der Waals surface area contributed by atoms with E-state index in [9.17, 15) is 9.18 Å². The number of carbonyl (C=O) groups excluding carboxylic acids is 1. The van der Waals surface area contributed by atoms with Gasteiger partial charge in [0, 0.05) is 37.6 Å². The van der Waals surface area contributed by atoms with Crippen LogP contribution in [0.2, 0.25) is 0 Å². The average Bonchev–Trinajstić information content (AvgIpc) is 3.02. The zero-order chi connectivity index (χ0) is 17.6. The lowest BCUT2D eigenvalue weighted by molar-refractivity contribution is 0.0955. The second-order valence-corrected chi connectivity index (χ2v) is 7.38. The van der Waals surface area contributed by atoms with E-state index in [-0.39, 0.29) is 11.7 Å². The average molecular weight is 361 g/mol. The molecule has 0 atom stereocenters. The van der Waals surface area contributed by atoms with Crippen molar-refractivity contribution in [2.75, 3.05) is 39.3 Å². The molecule has 1 aromatic carbocycles. The van der Waals surface area contributed by atoms with E-state index in [0.717, 1.165) is 55.1 Å². The maximum absolute atomic E-state index is 13.1. The van der Waals surface area contributed by atoms with Gasteiger partial charge < -0.3 is 15.5 Å². The van der Waals surface area contributed by atoms with Crippen molar-refractivity contribution in [2.24, 2.45) is 0 Å². The van der Waals surface area contributed by atoms with E-state index in [1.165, 1.54) is 23.5 Å². The minimum absolute atomic E-state index is 0.0261. The van der Waals surface area contributed by atoms with Gasteiger partial charge in [-0.05, 0) is 49.2 Å². The molecule has 1 aliphatic rings. The molecule has 1 amide bonds. The smallest absolute Gasteiger partial charge is 0.261 e. The van der Waals surface area contributed by atoms with E-state index in [0.29, 0.717) is 11.4 Å². The Morgan fingerprint density at radius 1 is 1.28 bits per heavy atom. The molecule has 2 aromatic rings. The Labute approximate surface area is 152 Å². The second kappa shape index (κ2) is 8.56. The van der Waals surface area contributed by atoms with Crippen LogP contribution in [0, 0.1) is 12.7 Å². The predicted octanol–water partition coefficient (Wildman–Crippen LogP) is 2.89. The first kappa shape index (κ1) is 18.0. The highest BCUT2D eigenvalue weighted by Gasteiger charge is 2.14. The summed E-state index contributed by atoms with van der Waals surface area (Å²) < 4.78 is 13.1. The molecule has 1 saturated heterocycles. The van der Waals surface area contributed by atoms with E-state index in [2.05, 4.69) is 15.5 Å². The summed E-state index contributed by atoms with van der Waals surface area (Å²) in [6.07, 6.45) is 0.959. The van der Waals surface area contributed by atoms with Gasteiger partial charge >= 0.3 is 0 Å². The topological polar surface area (TPSA) is 44.4 Å². The molecule has 0 unspecified atom stereocenters. The quantitative estimate of drug-likeness (QED) is 0.778. The fraction of sp³-hybridized carbons (Fsp3) is 0.421. The molecule has 4 nitrogen and oxygen atoms in total. The molecule has 0 aliphatic carbocycles. The monoisotopic (exact) mass is 361 g/mol. The Balaban J connectivity index is 1.52. The van der Waals surface area contributed by atoms with Crippen molar-refractivity contribution in [1.29, 1.82) is 0 Å². The SMILES string of the molecule is Cc1cc(C(=O)NCCCN2CCNCC2)sc1-c1ccc(F)cc1. The molecule has 0 radical (unpaired) electrons. The number of nitrogens with one attached hydrogen (secondary N) is 2. The molecule has 1 aliphatic heterocycles. The summed E-state index contributed by atoms with van der Waals surface area (Å²) in [7, 11) is 0. The molecule has 2 heterocycles. The van der Waals surface area contributed by atoms with E-state index in [1.807, 2.05) is 13.0 Å². The van der Waals surface area contributed by atoms with E-state index in [4.69, 9.17) is 0 Å². The standard InChI is InChI=1S/C19H24FN3OS/c1-14-13-17(25-18(14)15-3-5-16(20)6-4-15)19(24)22-7-2-10-23-11-8-21-9-12-23/h3-6,13,21H,2,7-12H2,1H3,(H,22,24). The number of thiophene rings is 1. The highest BCUT2D eigenvalue weighted by Crippen LogP contribution is 2.32. The van der Waals surface area contributed by atoms with Crippen LogP contribution in [0.5, 0.6) is 0 Å². The van der Waals surface area contributed by atoms with Gasteiger partial charge in [0.15, 0.2) is 0 Å². The lowest BCUT2D eigenvalue weighted by atomic mass is 10.1. The van der Waals surface area contributed by atoms with Crippen molar-refractivity contribution in [2.45, 2.75) is 13.3 Å². The molecule has 2 N–H and O–H groups in total. The zero-order valence-electron chi connectivity index (χ0n) is 14.5. The molecule has 1 aromatic heterocycles. The highest BCUT2D eigenvalue weighted by molar-refractivity contribution is 7.17. The normalized spacial score (nSPS) is 15.3. The third-order valence-electron chi connectivity index (χ3n) is 4.39. The van der Waals surface area contributed by atoms with Gasteiger partial charge in [-0.1, -0.05) is 12.1 Å². The van der Waals surface area contributed by atoms with Crippen molar-refractivity contribution in [1.82, 2.24) is 15.5 Å². The van der Waals surface area contributed by atoms with E-state index in [1.54, 1.807) is 12.1 Å². The largest absolute Gasteiger partial charge is 0.351 e. The summed E-state index contributed by atoms with van der Waals surface area (Å²) in [5, 5.41) is 6.35. The van der Waals surface area contributed by atoms with Crippen LogP contribution >= 0.6 is 11.3 Å². The van der Waals surface area contributed by atoms with Gasteiger partial charge in [-0.25, -0.2) is 4.39 Å². The molecule has 25 heavy (non-hydrogen) atoms. The predicted molar refractivity (Wildman–Crippen MR) is 101 cm³/mol. The number of halogens is 1. The number of hydrogen-bond donors (Lipinski definition) is 2. The van der Waals surface area contributed by atoms with E-state index < -0.39 is 0 Å². The summed E-state index contributed by atoms with van der Waals surface area (Å²) in [4.78, 5) is 16.5. The number of rotatable bonds is 6. The van der Waals surface area contributed by atoms with Crippen LogP contribution in [0.15, 0.2) is 30.3 Å². The van der Waals surface area contributed by atoms with Gasteiger partial charge in [0.25, 0.3) is 5.91 Å². The molecule has 0 spiro atoms. The number of carbonyl (C=O) groups is 1. The Morgan fingerprint density at radius 3 is 2.72 bits per heavy atom. The molecule has 3 rings (SSSR count). The third kappa shape index (κ3) is 4.87. The molecular weight excluding hydrogens is 337 g/mol. The molecular formula is C19H24FN3OS.